The van der Waals surface area contributed by atoms with Crippen LogP contribution in [0.15, 0.2) is 54.6 Å². The maximum absolute atomic E-state index is 15.5. The van der Waals surface area contributed by atoms with Gasteiger partial charge >= 0.3 is 5.97 Å². The van der Waals surface area contributed by atoms with Gasteiger partial charge in [0.15, 0.2) is 11.6 Å². The molecule has 10 heteroatoms. The number of rotatable bonds is 9. The summed E-state index contributed by atoms with van der Waals surface area (Å²) in [5.41, 5.74) is 1.69. The molecular weight excluding hydrogens is 529 g/mol. The van der Waals surface area contributed by atoms with Gasteiger partial charge in [0.1, 0.15) is 23.7 Å². The Morgan fingerprint density at radius 1 is 1.00 bits per heavy atom. The molecule has 0 fully saturated rings. The normalized spacial score (nSPS) is 16.8. The van der Waals surface area contributed by atoms with Crippen LogP contribution in [0.2, 0.25) is 5.02 Å². The van der Waals surface area contributed by atoms with E-state index in [1.807, 2.05) is 0 Å². The summed E-state index contributed by atoms with van der Waals surface area (Å²) in [7, 11) is 4.42. The lowest BCUT2D eigenvalue weighted by molar-refractivity contribution is -0.151. The van der Waals surface area contributed by atoms with Gasteiger partial charge in [0.05, 0.1) is 46.6 Å². The monoisotopic (exact) mass is 557 g/mol. The Kier molecular flexibility index (Phi) is 8.93. The maximum Gasteiger partial charge on any atom is 0.308 e. The Labute approximate surface area is 231 Å². The summed E-state index contributed by atoms with van der Waals surface area (Å²) in [6, 6.07) is 14.8. The third-order valence-electron chi connectivity index (χ3n) is 6.38. The molecule has 1 aliphatic rings. The van der Waals surface area contributed by atoms with Crippen molar-refractivity contribution in [2.75, 3.05) is 32.8 Å². The van der Waals surface area contributed by atoms with E-state index < -0.39 is 29.9 Å². The van der Waals surface area contributed by atoms with Crippen molar-refractivity contribution in [2.24, 2.45) is 0 Å². The van der Waals surface area contributed by atoms with Crippen molar-refractivity contribution in [3.05, 3.63) is 82.1 Å². The fraction of sp³-hybridized carbons (Fsp3) is 0.310. The highest BCUT2D eigenvalue weighted by Gasteiger charge is 2.39. The lowest BCUT2D eigenvalue weighted by Gasteiger charge is -2.26. The molecule has 0 bridgehead atoms. The largest absolute Gasteiger partial charge is 0.497 e. The number of methoxy groups -OCH3 is 3. The predicted molar refractivity (Wildman–Crippen MR) is 143 cm³/mol. The number of amides is 1. The summed E-state index contributed by atoms with van der Waals surface area (Å²) < 4.78 is 42.9. The zero-order chi connectivity index (χ0) is 28.1. The van der Waals surface area contributed by atoms with E-state index >= 15 is 4.39 Å². The Balaban J connectivity index is 1.88. The molecule has 1 amide bonds. The van der Waals surface area contributed by atoms with Gasteiger partial charge in [-0.1, -0.05) is 23.7 Å². The van der Waals surface area contributed by atoms with Gasteiger partial charge in [-0.2, -0.15) is 0 Å². The summed E-state index contributed by atoms with van der Waals surface area (Å²) in [6.07, 6.45) is -2.73. The van der Waals surface area contributed by atoms with Crippen molar-refractivity contribution in [2.45, 2.75) is 32.1 Å². The number of nitrogens with zero attached hydrogens (tertiary/aromatic N) is 1. The van der Waals surface area contributed by atoms with Gasteiger partial charge in [0, 0.05) is 27.8 Å². The first kappa shape index (κ1) is 28.2. The van der Waals surface area contributed by atoms with Crippen LogP contribution in [0.4, 0.5) is 10.1 Å². The van der Waals surface area contributed by atoms with Gasteiger partial charge in [-0.3, -0.25) is 9.59 Å². The van der Waals surface area contributed by atoms with E-state index in [2.05, 4.69) is 0 Å². The number of esters is 1. The van der Waals surface area contributed by atoms with Crippen LogP contribution in [-0.2, 0) is 25.6 Å². The third-order valence-corrected chi connectivity index (χ3v) is 6.62. The summed E-state index contributed by atoms with van der Waals surface area (Å²) >= 11 is 6.38. The highest BCUT2D eigenvalue weighted by molar-refractivity contribution is 6.30. The van der Waals surface area contributed by atoms with Gasteiger partial charge in [0.25, 0.3) is 5.91 Å². The molecule has 8 nitrogen and oxygen atoms in total. The van der Waals surface area contributed by atoms with Crippen LogP contribution in [0.5, 0.6) is 17.2 Å². The van der Waals surface area contributed by atoms with Gasteiger partial charge in [-0.25, -0.2) is 4.39 Å². The highest BCUT2D eigenvalue weighted by atomic mass is 35.5. The van der Waals surface area contributed by atoms with Gasteiger partial charge in [0.2, 0.25) is 0 Å². The van der Waals surface area contributed by atoms with Crippen molar-refractivity contribution in [1.29, 1.82) is 0 Å². The fourth-order valence-electron chi connectivity index (χ4n) is 4.52. The number of carbonyl (C=O) groups is 2. The molecule has 0 aromatic heterocycles. The average Bonchev–Trinajstić information content (AvgIpc) is 3.04. The topological polar surface area (TPSA) is 83.5 Å². The lowest BCUT2D eigenvalue weighted by atomic mass is 9.98. The molecule has 2 atom stereocenters. The Bertz CT molecular complexity index is 1370. The molecule has 0 radical (unpaired) electrons. The minimum absolute atomic E-state index is 0.0111. The standard InChI is InChI=1S/C29H29ClFNO7/c1-5-38-26(33)15-25-29(34)32(16-17-9-11-19(35-2)14-24(17)37-4)22-12-10-18(30)13-21(22)28(39-25)20-7-6-8-23(36-3)27(20)31/h6-14,25,28H,5,15-16H2,1-4H3. The number of carbonyl (C=O) groups excluding carboxylic acids is 2. The number of halogens is 2. The smallest absolute Gasteiger partial charge is 0.308 e. The van der Waals surface area contributed by atoms with Gasteiger partial charge < -0.3 is 28.6 Å². The predicted octanol–water partition coefficient (Wildman–Crippen LogP) is 5.48. The second kappa shape index (κ2) is 12.4. The number of anilines is 1. The summed E-state index contributed by atoms with van der Waals surface area (Å²) in [5, 5.41) is 0.365. The van der Waals surface area contributed by atoms with Crippen LogP contribution in [-0.4, -0.2) is 45.9 Å². The van der Waals surface area contributed by atoms with Crippen LogP contribution >= 0.6 is 11.6 Å². The Hall–Kier alpha value is -3.82. The van der Waals surface area contributed by atoms with E-state index in [0.29, 0.717) is 33.3 Å². The van der Waals surface area contributed by atoms with E-state index in [4.69, 9.17) is 35.3 Å². The number of hydrogen-bond donors (Lipinski definition) is 0. The molecule has 3 aromatic carbocycles. The maximum atomic E-state index is 15.5. The number of benzene rings is 3. The molecule has 0 N–H and O–H groups in total. The van der Waals surface area contributed by atoms with Crippen molar-refractivity contribution < 1.29 is 37.7 Å². The SMILES string of the molecule is CCOC(=O)CC1OC(c2cccc(OC)c2F)c2cc(Cl)ccc2N(Cc2ccc(OC)cc2OC)C1=O. The second-order valence-electron chi connectivity index (χ2n) is 8.68. The van der Waals surface area contributed by atoms with Gasteiger partial charge in [-0.05, 0) is 43.3 Å². The van der Waals surface area contributed by atoms with Crippen LogP contribution in [0, 0.1) is 5.82 Å². The Morgan fingerprint density at radius 3 is 2.46 bits per heavy atom. The first-order valence-electron chi connectivity index (χ1n) is 12.3. The molecule has 4 rings (SSSR count). The molecule has 206 valence electrons. The van der Waals surface area contributed by atoms with Crippen LogP contribution in [0.1, 0.15) is 36.1 Å². The first-order chi connectivity index (χ1) is 18.8. The molecule has 39 heavy (non-hydrogen) atoms. The fourth-order valence-corrected chi connectivity index (χ4v) is 4.70. The highest BCUT2D eigenvalue weighted by Crippen LogP contribution is 2.43. The lowest BCUT2D eigenvalue weighted by Crippen LogP contribution is -2.40. The summed E-state index contributed by atoms with van der Waals surface area (Å²) in [4.78, 5) is 28.0. The zero-order valence-electron chi connectivity index (χ0n) is 22.0. The molecule has 1 heterocycles. The zero-order valence-corrected chi connectivity index (χ0v) is 22.8. The van der Waals surface area contributed by atoms with E-state index in [-0.39, 0.29) is 30.9 Å². The van der Waals surface area contributed by atoms with Crippen molar-refractivity contribution in [3.8, 4) is 17.2 Å². The number of fused-ring (bicyclic) bond motifs is 1. The van der Waals surface area contributed by atoms with Crippen LogP contribution in [0.25, 0.3) is 0 Å². The molecular formula is C29H29ClFNO7. The molecule has 0 saturated carbocycles. The third kappa shape index (κ3) is 5.94. The molecule has 0 saturated heterocycles. The van der Waals surface area contributed by atoms with E-state index in [1.54, 1.807) is 62.6 Å². The molecule has 2 unspecified atom stereocenters. The first-order valence-corrected chi connectivity index (χ1v) is 12.6. The molecule has 0 aliphatic carbocycles. The van der Waals surface area contributed by atoms with Crippen molar-refractivity contribution in [1.82, 2.24) is 0 Å². The van der Waals surface area contributed by atoms with E-state index in [0.717, 1.165) is 0 Å². The van der Waals surface area contributed by atoms with Crippen LogP contribution in [0.3, 0.4) is 0 Å². The van der Waals surface area contributed by atoms with Gasteiger partial charge in [-0.15, -0.1) is 0 Å². The number of hydrogen-bond acceptors (Lipinski definition) is 7. The summed E-state index contributed by atoms with van der Waals surface area (Å²) in [6.45, 7) is 1.87. The Morgan fingerprint density at radius 2 is 1.77 bits per heavy atom. The molecule has 3 aromatic rings. The number of ether oxygens (including phenoxy) is 5. The van der Waals surface area contributed by atoms with Crippen LogP contribution < -0.4 is 19.1 Å². The van der Waals surface area contributed by atoms with Crippen molar-refractivity contribution >= 4 is 29.2 Å². The molecule has 0 spiro atoms. The van der Waals surface area contributed by atoms with E-state index in [1.165, 1.54) is 25.2 Å². The average molecular weight is 558 g/mol. The minimum Gasteiger partial charge on any atom is -0.497 e. The quantitative estimate of drug-likeness (QED) is 0.322. The minimum atomic E-state index is -1.28. The molecule has 1 aliphatic heterocycles. The van der Waals surface area contributed by atoms with Crippen molar-refractivity contribution in [3.63, 3.8) is 0 Å². The van der Waals surface area contributed by atoms with E-state index in [9.17, 15) is 9.59 Å². The second-order valence-corrected chi connectivity index (χ2v) is 9.12. The summed E-state index contributed by atoms with van der Waals surface area (Å²) in [5.74, 6) is -0.676.